The molecule has 0 unspecified atom stereocenters. The molecule has 31 heavy (non-hydrogen) atoms. The minimum atomic E-state index is -0.465. The highest BCUT2D eigenvalue weighted by molar-refractivity contribution is 6.04. The van der Waals surface area contributed by atoms with Crippen molar-refractivity contribution in [2.24, 2.45) is 17.2 Å². The summed E-state index contributed by atoms with van der Waals surface area (Å²) in [5, 5.41) is 5.27. The van der Waals surface area contributed by atoms with Gasteiger partial charge in [-0.2, -0.15) is 0 Å². The van der Waals surface area contributed by atoms with E-state index in [-0.39, 0.29) is 42.3 Å². The normalized spacial score (nSPS) is 14.2. The molecular formula is C21H31N5O5. The lowest BCUT2D eigenvalue weighted by Gasteiger charge is -2.12. The quantitative estimate of drug-likeness (QED) is 0.161. The maximum atomic E-state index is 12.6. The second kappa shape index (κ2) is 13.3. The summed E-state index contributed by atoms with van der Waals surface area (Å²) in [4.78, 5) is 24.7. The van der Waals surface area contributed by atoms with Crippen molar-refractivity contribution in [3.8, 4) is 0 Å². The van der Waals surface area contributed by atoms with Gasteiger partial charge in [-0.1, -0.05) is 12.1 Å². The number of hydrogen-bond donors (Lipinski definition) is 5. The SMILES string of the molecule is NCCOCCOCCC(=O)Nc1ccccc1C(=O)N/C(N)=C/C=C(\N)OC1CC1. The van der Waals surface area contributed by atoms with E-state index in [1.54, 1.807) is 24.3 Å². The van der Waals surface area contributed by atoms with Gasteiger partial charge in [-0.25, -0.2) is 0 Å². The van der Waals surface area contributed by atoms with Gasteiger partial charge in [0.2, 0.25) is 5.91 Å². The summed E-state index contributed by atoms with van der Waals surface area (Å²) in [6.07, 6.45) is 5.23. The van der Waals surface area contributed by atoms with Gasteiger partial charge < -0.3 is 42.0 Å². The number of benzene rings is 1. The summed E-state index contributed by atoms with van der Waals surface area (Å²) < 4.78 is 15.9. The van der Waals surface area contributed by atoms with Gasteiger partial charge in [0, 0.05) is 12.6 Å². The maximum absolute atomic E-state index is 12.6. The van der Waals surface area contributed by atoms with Crippen LogP contribution >= 0.6 is 0 Å². The van der Waals surface area contributed by atoms with Crippen LogP contribution in [-0.4, -0.2) is 50.9 Å². The van der Waals surface area contributed by atoms with Crippen LogP contribution in [0.25, 0.3) is 0 Å². The van der Waals surface area contributed by atoms with E-state index in [0.29, 0.717) is 32.1 Å². The van der Waals surface area contributed by atoms with E-state index in [9.17, 15) is 9.59 Å². The number of nitrogens with two attached hydrogens (primary N) is 3. The Morgan fingerprint density at radius 3 is 2.45 bits per heavy atom. The smallest absolute Gasteiger partial charge is 0.258 e. The molecule has 10 nitrogen and oxygen atoms in total. The summed E-state index contributed by atoms with van der Waals surface area (Å²) in [6.45, 7) is 1.96. The number of carbonyl (C=O) groups is 2. The molecule has 0 heterocycles. The van der Waals surface area contributed by atoms with Crippen LogP contribution in [0.3, 0.4) is 0 Å². The van der Waals surface area contributed by atoms with E-state index in [1.165, 1.54) is 12.2 Å². The van der Waals surface area contributed by atoms with Crippen LogP contribution in [0.4, 0.5) is 5.69 Å². The van der Waals surface area contributed by atoms with Gasteiger partial charge >= 0.3 is 0 Å². The van der Waals surface area contributed by atoms with Gasteiger partial charge in [-0.05, 0) is 31.1 Å². The first-order chi connectivity index (χ1) is 15.0. The van der Waals surface area contributed by atoms with Crippen molar-refractivity contribution in [1.29, 1.82) is 0 Å². The van der Waals surface area contributed by atoms with E-state index in [1.807, 2.05) is 0 Å². The molecule has 0 atom stereocenters. The summed E-state index contributed by atoms with van der Waals surface area (Å²) in [7, 11) is 0. The topological polar surface area (TPSA) is 164 Å². The number of allylic oxidation sites excluding steroid dienone is 2. The van der Waals surface area contributed by atoms with Gasteiger partial charge in [0.1, 0.15) is 11.9 Å². The highest BCUT2D eigenvalue weighted by atomic mass is 16.5. The second-order valence-corrected chi connectivity index (χ2v) is 6.82. The standard InChI is InChI=1S/C21H31N5O5/c22-10-12-30-14-13-29-11-9-20(27)25-17-4-2-1-3-16(17)21(28)26-18(23)7-8-19(24)31-15-5-6-15/h1-4,7-8,15H,5-6,9-14,22-24H2,(H,25,27)(H,26,28)/b18-7+,19-8+. The number of para-hydroxylation sites is 1. The van der Waals surface area contributed by atoms with Crippen LogP contribution in [-0.2, 0) is 19.0 Å². The Bertz CT molecular complexity index is 792. The molecule has 0 aromatic heterocycles. The molecule has 1 aliphatic rings. The van der Waals surface area contributed by atoms with E-state index < -0.39 is 5.91 Å². The average Bonchev–Trinajstić information content (AvgIpc) is 3.56. The molecule has 0 saturated heterocycles. The molecule has 0 bridgehead atoms. The molecule has 170 valence electrons. The van der Waals surface area contributed by atoms with Crippen molar-refractivity contribution in [1.82, 2.24) is 5.32 Å². The van der Waals surface area contributed by atoms with Gasteiger partial charge in [0.25, 0.3) is 5.91 Å². The minimum Gasteiger partial charge on any atom is -0.476 e. The Kier molecular flexibility index (Phi) is 10.4. The fourth-order valence-corrected chi connectivity index (χ4v) is 2.40. The highest BCUT2D eigenvalue weighted by Gasteiger charge is 2.23. The first-order valence-corrected chi connectivity index (χ1v) is 10.1. The van der Waals surface area contributed by atoms with E-state index in [4.69, 9.17) is 31.4 Å². The Morgan fingerprint density at radius 2 is 1.74 bits per heavy atom. The number of hydrogen-bond acceptors (Lipinski definition) is 8. The monoisotopic (exact) mass is 433 g/mol. The van der Waals surface area contributed by atoms with Gasteiger partial charge in [-0.15, -0.1) is 0 Å². The third-order valence-corrected chi connectivity index (χ3v) is 4.07. The number of rotatable bonds is 14. The van der Waals surface area contributed by atoms with Crippen LogP contribution in [0.1, 0.15) is 29.6 Å². The predicted octanol–water partition coefficient (Wildman–Crippen LogP) is 0.516. The highest BCUT2D eigenvalue weighted by Crippen LogP contribution is 2.24. The van der Waals surface area contributed by atoms with Crippen LogP contribution in [0, 0.1) is 0 Å². The number of carbonyl (C=O) groups excluding carboxylic acids is 2. The Morgan fingerprint density at radius 1 is 1.03 bits per heavy atom. The molecule has 0 spiro atoms. The Balaban J connectivity index is 1.81. The van der Waals surface area contributed by atoms with Gasteiger partial charge in [0.15, 0.2) is 5.88 Å². The van der Waals surface area contributed by atoms with Crippen molar-refractivity contribution < 1.29 is 23.8 Å². The van der Waals surface area contributed by atoms with Crippen LogP contribution < -0.4 is 27.8 Å². The first-order valence-electron chi connectivity index (χ1n) is 10.1. The fraction of sp³-hybridized carbons (Fsp3) is 0.429. The molecule has 2 amide bonds. The van der Waals surface area contributed by atoms with Crippen molar-refractivity contribution in [3.63, 3.8) is 0 Å². The first kappa shape index (κ1) is 24.2. The lowest BCUT2D eigenvalue weighted by Crippen LogP contribution is -2.28. The van der Waals surface area contributed by atoms with Crippen LogP contribution in [0.15, 0.2) is 48.1 Å². The molecular weight excluding hydrogens is 402 g/mol. The Hall–Kier alpha value is -3.08. The molecule has 1 saturated carbocycles. The molecule has 1 aromatic rings. The number of nitrogens with one attached hydrogen (secondary N) is 2. The van der Waals surface area contributed by atoms with E-state index in [2.05, 4.69) is 10.6 Å². The van der Waals surface area contributed by atoms with E-state index in [0.717, 1.165) is 12.8 Å². The van der Waals surface area contributed by atoms with Crippen molar-refractivity contribution >= 4 is 17.5 Å². The second-order valence-electron chi connectivity index (χ2n) is 6.82. The molecule has 1 aromatic carbocycles. The summed E-state index contributed by atoms with van der Waals surface area (Å²) in [5.41, 5.74) is 17.5. The van der Waals surface area contributed by atoms with Crippen molar-refractivity contribution in [2.45, 2.75) is 25.4 Å². The lowest BCUT2D eigenvalue weighted by molar-refractivity contribution is -0.117. The third kappa shape index (κ3) is 9.98. The Labute approximate surface area is 181 Å². The molecule has 10 heteroatoms. The summed E-state index contributed by atoms with van der Waals surface area (Å²) in [6, 6.07) is 6.63. The minimum absolute atomic E-state index is 0.0960. The summed E-state index contributed by atoms with van der Waals surface area (Å²) >= 11 is 0. The zero-order chi connectivity index (χ0) is 22.5. The fourth-order valence-electron chi connectivity index (χ4n) is 2.40. The van der Waals surface area contributed by atoms with Gasteiger partial charge in [-0.3, -0.25) is 9.59 Å². The van der Waals surface area contributed by atoms with Crippen molar-refractivity contribution in [2.75, 3.05) is 38.3 Å². The molecule has 8 N–H and O–H groups in total. The average molecular weight is 434 g/mol. The zero-order valence-corrected chi connectivity index (χ0v) is 17.5. The lowest BCUT2D eigenvalue weighted by atomic mass is 10.1. The number of anilines is 1. The predicted molar refractivity (Wildman–Crippen MR) is 116 cm³/mol. The molecule has 0 aliphatic heterocycles. The number of ether oxygens (including phenoxy) is 3. The zero-order valence-electron chi connectivity index (χ0n) is 17.5. The molecule has 1 aliphatic carbocycles. The van der Waals surface area contributed by atoms with Crippen molar-refractivity contribution in [3.05, 3.63) is 53.7 Å². The third-order valence-electron chi connectivity index (χ3n) is 4.07. The molecule has 2 rings (SSSR count). The van der Waals surface area contributed by atoms with Gasteiger partial charge in [0.05, 0.1) is 44.1 Å². The largest absolute Gasteiger partial charge is 0.476 e. The maximum Gasteiger partial charge on any atom is 0.258 e. The molecule has 0 radical (unpaired) electrons. The van der Waals surface area contributed by atoms with Crippen LogP contribution in [0.5, 0.6) is 0 Å². The summed E-state index contributed by atoms with van der Waals surface area (Å²) in [5.74, 6) is -0.410. The number of amides is 2. The van der Waals surface area contributed by atoms with E-state index >= 15 is 0 Å². The van der Waals surface area contributed by atoms with Crippen LogP contribution in [0.2, 0.25) is 0 Å². The molecule has 1 fully saturated rings.